The number of hydrogen-bond donors (Lipinski definition) is 0. The molecular formula is C20H18O3. The Morgan fingerprint density at radius 2 is 1.78 bits per heavy atom. The lowest BCUT2D eigenvalue weighted by atomic mass is 10.1. The second kappa shape index (κ2) is 7.36. The Morgan fingerprint density at radius 3 is 2.43 bits per heavy atom. The number of hydrogen-bond acceptors (Lipinski definition) is 3. The lowest BCUT2D eigenvalue weighted by molar-refractivity contribution is -0.130. The van der Waals surface area contributed by atoms with Crippen LogP contribution in [0.3, 0.4) is 0 Å². The number of aryl methyl sites for hydroxylation is 1. The maximum atomic E-state index is 12.1. The molecule has 0 bridgehead atoms. The van der Waals surface area contributed by atoms with Crippen molar-refractivity contribution in [2.75, 3.05) is 0 Å². The average Bonchev–Trinajstić information content (AvgIpc) is 2.53. The van der Waals surface area contributed by atoms with E-state index >= 15 is 0 Å². The van der Waals surface area contributed by atoms with Crippen molar-refractivity contribution in [3.05, 3.63) is 83.4 Å². The highest BCUT2D eigenvalue weighted by atomic mass is 16.5. The van der Waals surface area contributed by atoms with Crippen LogP contribution < -0.4 is 4.74 Å². The maximum absolute atomic E-state index is 12.1. The molecule has 3 heteroatoms. The highest BCUT2D eigenvalue weighted by Gasteiger charge is 2.05. The van der Waals surface area contributed by atoms with Gasteiger partial charge in [0, 0.05) is 11.1 Å². The molecule has 0 unspecified atom stereocenters. The van der Waals surface area contributed by atoms with Gasteiger partial charge in [0.1, 0.15) is 5.75 Å². The smallest absolute Gasteiger partial charge is 0.338 e. The van der Waals surface area contributed by atoms with Gasteiger partial charge >= 0.3 is 5.97 Å². The molecule has 0 aliphatic rings. The zero-order valence-electron chi connectivity index (χ0n) is 13.2. The van der Waals surface area contributed by atoms with E-state index in [-0.39, 0.29) is 5.78 Å². The molecule has 0 radical (unpaired) electrons. The van der Waals surface area contributed by atoms with Crippen LogP contribution in [0.5, 0.6) is 5.75 Å². The summed E-state index contributed by atoms with van der Waals surface area (Å²) in [7, 11) is 0. The van der Waals surface area contributed by atoms with Crippen molar-refractivity contribution in [2.24, 2.45) is 0 Å². The van der Waals surface area contributed by atoms with Gasteiger partial charge in [-0.25, -0.2) is 4.79 Å². The van der Waals surface area contributed by atoms with E-state index in [2.05, 4.69) is 6.58 Å². The number of rotatable bonds is 5. The van der Waals surface area contributed by atoms with Gasteiger partial charge in [-0.05, 0) is 37.6 Å². The van der Waals surface area contributed by atoms with Gasteiger partial charge in [-0.3, -0.25) is 4.79 Å². The molecule has 0 fully saturated rings. The molecule has 3 nitrogen and oxygen atoms in total. The fraction of sp³-hybridized carbons (Fsp3) is 0.100. The van der Waals surface area contributed by atoms with Crippen LogP contribution in [0.15, 0.2) is 66.8 Å². The highest BCUT2D eigenvalue weighted by molar-refractivity contribution is 6.06. The number of allylic oxidation sites excluding steroid dienone is 1. The van der Waals surface area contributed by atoms with Crippen LogP contribution in [0, 0.1) is 6.92 Å². The molecule has 0 atom stereocenters. The molecule has 0 N–H and O–H groups in total. The van der Waals surface area contributed by atoms with Crippen molar-refractivity contribution < 1.29 is 14.3 Å². The molecule has 2 aromatic rings. The van der Waals surface area contributed by atoms with Crippen molar-refractivity contribution in [1.82, 2.24) is 0 Å². The summed E-state index contributed by atoms with van der Waals surface area (Å²) in [4.78, 5) is 23.6. The van der Waals surface area contributed by atoms with E-state index in [9.17, 15) is 9.59 Å². The lowest BCUT2D eigenvalue weighted by Gasteiger charge is -2.04. The van der Waals surface area contributed by atoms with E-state index < -0.39 is 5.97 Å². The van der Waals surface area contributed by atoms with Crippen molar-refractivity contribution in [1.29, 1.82) is 0 Å². The summed E-state index contributed by atoms with van der Waals surface area (Å²) in [5.41, 5.74) is 2.85. The third-order valence-electron chi connectivity index (χ3n) is 3.18. The van der Waals surface area contributed by atoms with Gasteiger partial charge in [-0.2, -0.15) is 0 Å². The Balaban J connectivity index is 2.10. The number of esters is 1. The zero-order valence-corrected chi connectivity index (χ0v) is 13.2. The molecule has 0 amide bonds. The van der Waals surface area contributed by atoms with Gasteiger partial charge < -0.3 is 4.74 Å². The van der Waals surface area contributed by atoms with Crippen LogP contribution >= 0.6 is 0 Å². The van der Waals surface area contributed by atoms with Gasteiger partial charge in [-0.1, -0.05) is 54.6 Å². The van der Waals surface area contributed by atoms with Gasteiger partial charge in [0.2, 0.25) is 0 Å². The van der Waals surface area contributed by atoms with Crippen LogP contribution in [0.25, 0.3) is 6.08 Å². The molecule has 0 saturated carbocycles. The minimum Gasteiger partial charge on any atom is -0.423 e. The Labute approximate surface area is 135 Å². The predicted octanol–water partition coefficient (Wildman–Crippen LogP) is 4.37. The molecule has 0 aliphatic carbocycles. The molecule has 0 spiro atoms. The number of ketones is 1. The highest BCUT2D eigenvalue weighted by Crippen LogP contribution is 2.16. The van der Waals surface area contributed by atoms with E-state index in [1.165, 1.54) is 6.08 Å². The monoisotopic (exact) mass is 306 g/mol. The van der Waals surface area contributed by atoms with E-state index in [0.29, 0.717) is 16.9 Å². The fourth-order valence-electron chi connectivity index (χ4n) is 1.86. The van der Waals surface area contributed by atoms with E-state index in [1.807, 2.05) is 25.1 Å². The van der Waals surface area contributed by atoms with E-state index in [4.69, 9.17) is 4.74 Å². The third-order valence-corrected chi connectivity index (χ3v) is 3.18. The van der Waals surface area contributed by atoms with Crippen molar-refractivity contribution >= 4 is 17.8 Å². The van der Waals surface area contributed by atoms with Gasteiger partial charge in [-0.15, -0.1) is 0 Å². The molecule has 23 heavy (non-hydrogen) atoms. The summed E-state index contributed by atoms with van der Waals surface area (Å²) < 4.78 is 5.16. The van der Waals surface area contributed by atoms with Crippen molar-refractivity contribution in [3.63, 3.8) is 0 Å². The molecule has 2 rings (SSSR count). The van der Waals surface area contributed by atoms with Gasteiger partial charge in [0.15, 0.2) is 5.78 Å². The van der Waals surface area contributed by atoms with Crippen LogP contribution in [0.2, 0.25) is 0 Å². The molecule has 0 aromatic heterocycles. The number of benzene rings is 2. The first kappa shape index (κ1) is 16.4. The van der Waals surface area contributed by atoms with Gasteiger partial charge in [0.25, 0.3) is 0 Å². The molecule has 2 aromatic carbocycles. The largest absolute Gasteiger partial charge is 0.423 e. The molecule has 0 heterocycles. The molecular weight excluding hydrogens is 288 g/mol. The predicted molar refractivity (Wildman–Crippen MR) is 91.4 cm³/mol. The van der Waals surface area contributed by atoms with E-state index in [1.54, 1.807) is 43.3 Å². The van der Waals surface area contributed by atoms with Crippen molar-refractivity contribution in [3.8, 4) is 5.75 Å². The normalized spacial score (nSPS) is 10.5. The topological polar surface area (TPSA) is 43.4 Å². The standard InChI is InChI=1S/C20H18O3/c1-14(2)20(22)23-18-6-4-5-16(13-18)9-12-19(21)17-10-7-15(3)8-11-17/h4-13H,1H2,2-3H3/b12-9+. The summed E-state index contributed by atoms with van der Waals surface area (Å²) in [5, 5.41) is 0. The van der Waals surface area contributed by atoms with Crippen LogP contribution in [0.4, 0.5) is 0 Å². The van der Waals surface area contributed by atoms with Gasteiger partial charge in [0.05, 0.1) is 0 Å². The molecule has 116 valence electrons. The summed E-state index contributed by atoms with van der Waals surface area (Å²) in [6.07, 6.45) is 3.20. The third kappa shape index (κ3) is 4.78. The Kier molecular flexibility index (Phi) is 5.26. The number of carbonyl (C=O) groups excluding carboxylic acids is 2. The summed E-state index contributed by atoms with van der Waals surface area (Å²) in [5.74, 6) is -0.126. The lowest BCUT2D eigenvalue weighted by Crippen LogP contribution is -2.08. The summed E-state index contributed by atoms with van der Waals surface area (Å²) in [6.45, 7) is 7.10. The second-order valence-corrected chi connectivity index (χ2v) is 5.31. The first-order chi connectivity index (χ1) is 11.0. The van der Waals surface area contributed by atoms with Crippen LogP contribution in [-0.4, -0.2) is 11.8 Å². The van der Waals surface area contributed by atoms with Crippen LogP contribution in [-0.2, 0) is 4.79 Å². The zero-order chi connectivity index (χ0) is 16.8. The summed E-state index contributed by atoms with van der Waals surface area (Å²) >= 11 is 0. The average molecular weight is 306 g/mol. The Morgan fingerprint density at radius 1 is 1.09 bits per heavy atom. The Bertz CT molecular complexity index is 768. The first-order valence-corrected chi connectivity index (χ1v) is 7.22. The first-order valence-electron chi connectivity index (χ1n) is 7.22. The fourth-order valence-corrected chi connectivity index (χ4v) is 1.86. The number of ether oxygens (including phenoxy) is 1. The quantitative estimate of drug-likeness (QED) is 0.356. The number of carbonyl (C=O) groups is 2. The molecule has 0 saturated heterocycles. The second-order valence-electron chi connectivity index (χ2n) is 5.31. The SMILES string of the molecule is C=C(C)C(=O)Oc1cccc(/C=C/C(=O)c2ccc(C)cc2)c1. The Hall–Kier alpha value is -2.94. The molecule has 0 aliphatic heterocycles. The van der Waals surface area contributed by atoms with Crippen LogP contribution in [0.1, 0.15) is 28.4 Å². The summed E-state index contributed by atoms with van der Waals surface area (Å²) in [6, 6.07) is 14.4. The van der Waals surface area contributed by atoms with Crippen molar-refractivity contribution in [2.45, 2.75) is 13.8 Å². The minimum absolute atomic E-state index is 0.0747. The van der Waals surface area contributed by atoms with E-state index in [0.717, 1.165) is 11.1 Å². The maximum Gasteiger partial charge on any atom is 0.338 e. The minimum atomic E-state index is -0.470.